The molecule has 1 N–H and O–H groups in total. The number of aliphatic hydroxyl groups is 1. The molecule has 0 unspecified atom stereocenters. The van der Waals surface area contributed by atoms with Crippen LogP contribution in [-0.4, -0.2) is 11.2 Å². The predicted octanol–water partition coefficient (Wildman–Crippen LogP) is 4.57. The van der Waals surface area contributed by atoms with E-state index >= 15 is 0 Å². The Morgan fingerprint density at radius 2 is 1.85 bits per heavy atom. The molecule has 0 aromatic heterocycles. The van der Waals surface area contributed by atoms with Crippen molar-refractivity contribution in [3.63, 3.8) is 0 Å². The lowest BCUT2D eigenvalue weighted by Crippen LogP contribution is -2.39. The van der Waals surface area contributed by atoms with Crippen molar-refractivity contribution in [1.82, 2.24) is 0 Å². The molecule has 0 bridgehead atoms. The van der Waals surface area contributed by atoms with Gasteiger partial charge in [0, 0.05) is 0 Å². The van der Waals surface area contributed by atoms with Crippen molar-refractivity contribution in [2.45, 2.75) is 45.6 Å². The number of aliphatic hydroxyl groups excluding tert-OH is 1. The summed E-state index contributed by atoms with van der Waals surface area (Å²) in [6.07, 6.45) is 4.18. The van der Waals surface area contributed by atoms with Crippen molar-refractivity contribution >= 4 is 10.8 Å². The van der Waals surface area contributed by atoms with E-state index in [2.05, 4.69) is 56.3 Å². The Hall–Kier alpha value is -1.34. The first-order valence-corrected chi connectivity index (χ1v) is 7.72. The maximum absolute atomic E-state index is 10.4. The fourth-order valence-electron chi connectivity index (χ4n) is 3.71. The molecular weight excluding hydrogens is 244 g/mol. The average Bonchev–Trinajstić information content (AvgIpc) is 2.43. The second-order valence-electron chi connectivity index (χ2n) is 6.94. The lowest BCUT2D eigenvalue weighted by atomic mass is 9.65. The first kappa shape index (κ1) is 13.6. The Kier molecular flexibility index (Phi) is 3.55. The minimum absolute atomic E-state index is 0.148. The number of fused-ring (bicyclic) bond motifs is 1. The van der Waals surface area contributed by atoms with E-state index in [-0.39, 0.29) is 11.5 Å². The second kappa shape index (κ2) is 5.21. The molecule has 0 radical (unpaired) electrons. The van der Waals surface area contributed by atoms with E-state index in [4.69, 9.17) is 0 Å². The zero-order chi connectivity index (χ0) is 14.2. The lowest BCUT2D eigenvalue weighted by Gasteiger charge is -2.42. The molecule has 1 saturated carbocycles. The van der Waals surface area contributed by atoms with Crippen LogP contribution in [0, 0.1) is 11.3 Å². The molecule has 106 valence electrons. The molecule has 2 atom stereocenters. The Bertz CT molecular complexity index is 599. The quantitative estimate of drug-likeness (QED) is 0.846. The Morgan fingerprint density at radius 1 is 1.10 bits per heavy atom. The zero-order valence-electron chi connectivity index (χ0n) is 12.5. The van der Waals surface area contributed by atoms with E-state index in [0.717, 1.165) is 19.3 Å². The largest absolute Gasteiger partial charge is 0.393 e. The molecule has 1 aliphatic carbocycles. The molecular formula is C19H24O. The molecule has 1 heteroatoms. The Balaban J connectivity index is 1.88. The number of benzene rings is 2. The van der Waals surface area contributed by atoms with Gasteiger partial charge in [-0.2, -0.15) is 0 Å². The summed E-state index contributed by atoms with van der Waals surface area (Å²) in [4.78, 5) is 0. The SMILES string of the molecule is CC1(C)CCC[C@@H](O)[C@H]1Cc1ccc2ccccc2c1. The summed E-state index contributed by atoms with van der Waals surface area (Å²) in [5, 5.41) is 13.0. The van der Waals surface area contributed by atoms with Crippen molar-refractivity contribution in [3.8, 4) is 0 Å². The number of hydrogen-bond acceptors (Lipinski definition) is 1. The standard InChI is InChI=1S/C19H24O/c1-19(2)11-5-8-18(20)17(19)13-14-9-10-15-6-3-4-7-16(15)12-14/h3-4,6-7,9-10,12,17-18,20H,5,8,11,13H2,1-2H3/t17-,18-/m1/s1. The second-order valence-corrected chi connectivity index (χ2v) is 6.94. The average molecular weight is 268 g/mol. The molecule has 2 aromatic rings. The predicted molar refractivity (Wildman–Crippen MR) is 84.8 cm³/mol. The molecule has 0 aliphatic heterocycles. The molecule has 0 amide bonds. The summed E-state index contributed by atoms with van der Waals surface area (Å²) in [5.41, 5.74) is 1.59. The van der Waals surface area contributed by atoms with Gasteiger partial charge in [0.2, 0.25) is 0 Å². The van der Waals surface area contributed by atoms with Gasteiger partial charge in [0.1, 0.15) is 0 Å². The van der Waals surface area contributed by atoms with Gasteiger partial charge in [0.15, 0.2) is 0 Å². The minimum Gasteiger partial charge on any atom is -0.393 e. The molecule has 20 heavy (non-hydrogen) atoms. The van der Waals surface area contributed by atoms with Gasteiger partial charge in [-0.1, -0.05) is 62.7 Å². The van der Waals surface area contributed by atoms with Crippen LogP contribution in [0.5, 0.6) is 0 Å². The Morgan fingerprint density at radius 3 is 2.60 bits per heavy atom. The van der Waals surface area contributed by atoms with Gasteiger partial charge in [-0.3, -0.25) is 0 Å². The number of hydrogen-bond donors (Lipinski definition) is 1. The van der Waals surface area contributed by atoms with Crippen LogP contribution in [0.4, 0.5) is 0 Å². The highest BCUT2D eigenvalue weighted by Crippen LogP contribution is 2.42. The molecule has 3 rings (SSSR count). The summed E-state index contributed by atoms with van der Waals surface area (Å²) in [6.45, 7) is 4.61. The molecule has 1 fully saturated rings. The van der Waals surface area contributed by atoms with Crippen molar-refractivity contribution < 1.29 is 5.11 Å². The maximum Gasteiger partial charge on any atom is 0.0576 e. The van der Waals surface area contributed by atoms with Crippen LogP contribution in [0.1, 0.15) is 38.7 Å². The first-order valence-electron chi connectivity index (χ1n) is 7.72. The number of rotatable bonds is 2. The van der Waals surface area contributed by atoms with Crippen LogP contribution < -0.4 is 0 Å². The molecule has 0 spiro atoms. The first-order chi connectivity index (χ1) is 9.56. The third-order valence-electron chi connectivity index (χ3n) is 5.06. The zero-order valence-corrected chi connectivity index (χ0v) is 12.5. The fourth-order valence-corrected chi connectivity index (χ4v) is 3.71. The van der Waals surface area contributed by atoms with Crippen molar-refractivity contribution in [2.24, 2.45) is 11.3 Å². The molecule has 2 aromatic carbocycles. The van der Waals surface area contributed by atoms with Crippen molar-refractivity contribution in [3.05, 3.63) is 48.0 Å². The highest BCUT2D eigenvalue weighted by molar-refractivity contribution is 5.82. The van der Waals surface area contributed by atoms with E-state index in [1.165, 1.54) is 22.8 Å². The van der Waals surface area contributed by atoms with Crippen LogP contribution in [0.25, 0.3) is 10.8 Å². The molecule has 0 heterocycles. The highest BCUT2D eigenvalue weighted by atomic mass is 16.3. The van der Waals surface area contributed by atoms with Gasteiger partial charge in [-0.15, -0.1) is 0 Å². The summed E-state index contributed by atoms with van der Waals surface area (Å²) in [5.74, 6) is 0.373. The summed E-state index contributed by atoms with van der Waals surface area (Å²) in [6, 6.07) is 15.2. The van der Waals surface area contributed by atoms with Crippen LogP contribution >= 0.6 is 0 Å². The van der Waals surface area contributed by atoms with E-state index in [0.29, 0.717) is 5.92 Å². The van der Waals surface area contributed by atoms with Gasteiger partial charge in [-0.05, 0) is 46.9 Å². The van der Waals surface area contributed by atoms with Gasteiger partial charge in [-0.25, -0.2) is 0 Å². The smallest absolute Gasteiger partial charge is 0.0576 e. The normalized spacial score (nSPS) is 25.8. The van der Waals surface area contributed by atoms with Crippen LogP contribution in [0.3, 0.4) is 0 Å². The van der Waals surface area contributed by atoms with E-state index in [1.54, 1.807) is 0 Å². The summed E-state index contributed by atoms with van der Waals surface area (Å²) < 4.78 is 0. The monoisotopic (exact) mass is 268 g/mol. The summed E-state index contributed by atoms with van der Waals surface area (Å²) in [7, 11) is 0. The third-order valence-corrected chi connectivity index (χ3v) is 5.06. The topological polar surface area (TPSA) is 20.2 Å². The summed E-state index contributed by atoms with van der Waals surface area (Å²) >= 11 is 0. The van der Waals surface area contributed by atoms with Gasteiger partial charge in [0.25, 0.3) is 0 Å². The van der Waals surface area contributed by atoms with E-state index in [1.807, 2.05) is 0 Å². The molecule has 1 nitrogen and oxygen atoms in total. The molecule has 1 aliphatic rings. The minimum atomic E-state index is -0.148. The van der Waals surface area contributed by atoms with Gasteiger partial charge >= 0.3 is 0 Å². The van der Waals surface area contributed by atoms with Crippen molar-refractivity contribution in [1.29, 1.82) is 0 Å². The molecule has 0 saturated heterocycles. The van der Waals surface area contributed by atoms with E-state index in [9.17, 15) is 5.11 Å². The van der Waals surface area contributed by atoms with Crippen molar-refractivity contribution in [2.75, 3.05) is 0 Å². The highest BCUT2D eigenvalue weighted by Gasteiger charge is 2.37. The third kappa shape index (κ3) is 2.60. The Labute approximate surface area is 121 Å². The van der Waals surface area contributed by atoms with Crippen LogP contribution in [-0.2, 0) is 6.42 Å². The maximum atomic E-state index is 10.4. The van der Waals surface area contributed by atoms with Gasteiger partial charge in [0.05, 0.1) is 6.10 Å². The van der Waals surface area contributed by atoms with Crippen LogP contribution in [0.2, 0.25) is 0 Å². The lowest BCUT2D eigenvalue weighted by molar-refractivity contribution is -0.00818. The van der Waals surface area contributed by atoms with E-state index < -0.39 is 0 Å². The fraction of sp³-hybridized carbons (Fsp3) is 0.474. The van der Waals surface area contributed by atoms with Crippen LogP contribution in [0.15, 0.2) is 42.5 Å². The van der Waals surface area contributed by atoms with Gasteiger partial charge < -0.3 is 5.11 Å².